The first-order valence-electron chi connectivity index (χ1n) is 10.2. The van der Waals surface area contributed by atoms with E-state index in [1.807, 2.05) is 30.3 Å². The third-order valence-electron chi connectivity index (χ3n) is 5.40. The Kier molecular flexibility index (Phi) is 6.13. The van der Waals surface area contributed by atoms with Crippen molar-refractivity contribution < 1.29 is 27.2 Å². The summed E-state index contributed by atoms with van der Waals surface area (Å²) in [6, 6.07) is 14.9. The third-order valence-corrected chi connectivity index (χ3v) is 5.40. The van der Waals surface area contributed by atoms with E-state index in [2.05, 4.69) is 10.3 Å². The van der Waals surface area contributed by atoms with Crippen molar-refractivity contribution in [2.45, 2.75) is 25.7 Å². The molecule has 0 unspecified atom stereocenters. The first-order chi connectivity index (χ1) is 15.7. The fourth-order valence-corrected chi connectivity index (χ4v) is 3.72. The topological polar surface area (TPSA) is 62.3 Å². The molecule has 2 amide bonds. The molecule has 2 aromatic carbocycles. The van der Waals surface area contributed by atoms with Gasteiger partial charge in [-0.15, -0.1) is 0 Å². The number of aromatic nitrogens is 1. The summed E-state index contributed by atoms with van der Waals surface area (Å²) in [5, 5.41) is 2.78. The number of halogens is 4. The van der Waals surface area contributed by atoms with Gasteiger partial charge in [0.2, 0.25) is 0 Å². The van der Waals surface area contributed by atoms with E-state index in [1.165, 1.54) is 6.07 Å². The Labute approximate surface area is 187 Å². The smallest absolute Gasteiger partial charge is 0.347 e. The summed E-state index contributed by atoms with van der Waals surface area (Å²) >= 11 is 0. The first kappa shape index (κ1) is 22.4. The number of alkyl halides is 3. The molecule has 0 atom stereocenters. The second-order valence-corrected chi connectivity index (χ2v) is 7.61. The SMILES string of the molecule is O=C(NCc1ccccc1)c1ccc2c(n1)CCN(C(=O)c1c(F)cccc1C(F)(F)F)C2. The second kappa shape index (κ2) is 9.01. The zero-order chi connectivity index (χ0) is 23.6. The summed E-state index contributed by atoms with van der Waals surface area (Å²) in [7, 11) is 0. The van der Waals surface area contributed by atoms with Crippen LogP contribution in [0.2, 0.25) is 0 Å². The van der Waals surface area contributed by atoms with Gasteiger partial charge in [-0.05, 0) is 29.3 Å². The molecule has 5 nitrogen and oxygen atoms in total. The van der Waals surface area contributed by atoms with Gasteiger partial charge in [0.1, 0.15) is 11.5 Å². The molecule has 170 valence electrons. The molecule has 0 bridgehead atoms. The van der Waals surface area contributed by atoms with Gasteiger partial charge in [-0.1, -0.05) is 42.5 Å². The van der Waals surface area contributed by atoms with E-state index in [1.54, 1.807) is 6.07 Å². The highest BCUT2D eigenvalue weighted by Gasteiger charge is 2.38. The Morgan fingerprint density at radius 2 is 1.76 bits per heavy atom. The highest BCUT2D eigenvalue weighted by atomic mass is 19.4. The number of fused-ring (bicyclic) bond motifs is 1. The summed E-state index contributed by atoms with van der Waals surface area (Å²) in [5.41, 5.74) is 0.0255. The molecule has 1 aliphatic rings. The molecular weight excluding hydrogens is 438 g/mol. The number of hydrogen-bond acceptors (Lipinski definition) is 3. The van der Waals surface area contributed by atoms with E-state index in [0.29, 0.717) is 23.9 Å². The van der Waals surface area contributed by atoms with Crippen LogP contribution in [0.4, 0.5) is 17.6 Å². The minimum atomic E-state index is -4.86. The quantitative estimate of drug-likeness (QED) is 0.592. The minimum Gasteiger partial charge on any atom is -0.347 e. The van der Waals surface area contributed by atoms with Crippen molar-refractivity contribution in [2.75, 3.05) is 6.54 Å². The number of rotatable bonds is 4. The number of benzene rings is 2. The maximum Gasteiger partial charge on any atom is 0.417 e. The molecule has 0 radical (unpaired) electrons. The van der Waals surface area contributed by atoms with Crippen LogP contribution >= 0.6 is 0 Å². The average Bonchev–Trinajstić information content (AvgIpc) is 2.81. The Morgan fingerprint density at radius 1 is 1.00 bits per heavy atom. The Bertz CT molecular complexity index is 1200. The molecule has 0 spiro atoms. The van der Waals surface area contributed by atoms with Crippen molar-refractivity contribution >= 4 is 11.8 Å². The number of carbonyl (C=O) groups is 2. The van der Waals surface area contributed by atoms with Crippen LogP contribution in [-0.4, -0.2) is 28.2 Å². The zero-order valence-electron chi connectivity index (χ0n) is 17.3. The zero-order valence-corrected chi connectivity index (χ0v) is 17.3. The van der Waals surface area contributed by atoms with Crippen LogP contribution in [0.1, 0.15) is 43.2 Å². The maximum atomic E-state index is 14.2. The highest BCUT2D eigenvalue weighted by molar-refractivity contribution is 5.96. The van der Waals surface area contributed by atoms with Crippen LogP contribution in [0.5, 0.6) is 0 Å². The lowest BCUT2D eigenvalue weighted by atomic mass is 10.0. The van der Waals surface area contributed by atoms with Crippen molar-refractivity contribution in [1.29, 1.82) is 0 Å². The normalized spacial score (nSPS) is 13.4. The van der Waals surface area contributed by atoms with Gasteiger partial charge >= 0.3 is 6.18 Å². The summed E-state index contributed by atoms with van der Waals surface area (Å²) < 4.78 is 54.1. The van der Waals surface area contributed by atoms with Crippen LogP contribution in [0.3, 0.4) is 0 Å². The Morgan fingerprint density at radius 3 is 2.48 bits per heavy atom. The highest BCUT2D eigenvalue weighted by Crippen LogP contribution is 2.34. The third kappa shape index (κ3) is 4.87. The van der Waals surface area contributed by atoms with Gasteiger partial charge in [0, 0.05) is 31.7 Å². The molecule has 4 rings (SSSR count). The number of pyridine rings is 1. The molecule has 1 N–H and O–H groups in total. The predicted molar refractivity (Wildman–Crippen MR) is 112 cm³/mol. The van der Waals surface area contributed by atoms with Crippen LogP contribution in [-0.2, 0) is 25.7 Å². The summed E-state index contributed by atoms with van der Waals surface area (Å²) in [6.45, 7) is 0.364. The van der Waals surface area contributed by atoms with Crippen LogP contribution in [0.15, 0.2) is 60.7 Å². The van der Waals surface area contributed by atoms with Gasteiger partial charge in [0.25, 0.3) is 11.8 Å². The lowest BCUT2D eigenvalue weighted by Crippen LogP contribution is -2.38. The average molecular weight is 457 g/mol. The van der Waals surface area contributed by atoms with Crippen molar-refractivity contribution in [3.8, 4) is 0 Å². The molecule has 1 aliphatic heterocycles. The summed E-state index contributed by atoms with van der Waals surface area (Å²) in [6.07, 6.45) is -4.62. The molecule has 0 saturated heterocycles. The molecule has 0 aliphatic carbocycles. The molecule has 33 heavy (non-hydrogen) atoms. The van der Waals surface area contributed by atoms with Crippen molar-refractivity contribution in [2.24, 2.45) is 0 Å². The lowest BCUT2D eigenvalue weighted by molar-refractivity contribution is -0.138. The monoisotopic (exact) mass is 457 g/mol. The molecule has 3 aromatic rings. The van der Waals surface area contributed by atoms with Gasteiger partial charge in [-0.2, -0.15) is 13.2 Å². The van der Waals surface area contributed by atoms with Crippen LogP contribution in [0, 0.1) is 5.82 Å². The Balaban J connectivity index is 1.49. The Hall–Kier alpha value is -3.75. The van der Waals surface area contributed by atoms with E-state index < -0.39 is 29.0 Å². The van der Waals surface area contributed by atoms with E-state index in [9.17, 15) is 27.2 Å². The number of amides is 2. The van der Waals surface area contributed by atoms with Gasteiger partial charge < -0.3 is 10.2 Å². The first-order valence-corrected chi connectivity index (χ1v) is 10.2. The maximum absolute atomic E-state index is 14.2. The molecule has 0 saturated carbocycles. The van der Waals surface area contributed by atoms with Gasteiger partial charge in [0.05, 0.1) is 11.1 Å². The lowest BCUT2D eigenvalue weighted by Gasteiger charge is -2.29. The molecule has 9 heteroatoms. The van der Waals surface area contributed by atoms with Gasteiger partial charge in [-0.25, -0.2) is 9.37 Å². The fourth-order valence-electron chi connectivity index (χ4n) is 3.72. The molecule has 2 heterocycles. The molecule has 1 aromatic heterocycles. The minimum absolute atomic E-state index is 0.0291. The number of nitrogens with one attached hydrogen (secondary N) is 1. The van der Waals surface area contributed by atoms with Gasteiger partial charge in [-0.3, -0.25) is 9.59 Å². The molecular formula is C24H19F4N3O2. The molecule has 0 fully saturated rings. The summed E-state index contributed by atoms with van der Waals surface area (Å²) in [5.74, 6) is -2.61. The van der Waals surface area contributed by atoms with E-state index >= 15 is 0 Å². The van der Waals surface area contributed by atoms with Gasteiger partial charge in [0.15, 0.2) is 0 Å². The number of nitrogens with zero attached hydrogens (tertiary/aromatic N) is 2. The van der Waals surface area contributed by atoms with Crippen LogP contribution < -0.4 is 5.32 Å². The van der Waals surface area contributed by atoms with E-state index in [0.717, 1.165) is 22.6 Å². The standard InChI is InChI=1S/C24H19F4N3O2/c25-18-8-4-7-17(24(26,27)28)21(18)23(33)31-12-11-19-16(14-31)9-10-20(30-19)22(32)29-13-15-5-2-1-3-6-15/h1-10H,11-14H2,(H,29,32). The number of hydrogen-bond donors (Lipinski definition) is 1. The van der Waals surface area contributed by atoms with E-state index in [4.69, 9.17) is 0 Å². The second-order valence-electron chi connectivity index (χ2n) is 7.61. The fraction of sp³-hybridized carbons (Fsp3) is 0.208. The van der Waals surface area contributed by atoms with Crippen LogP contribution in [0.25, 0.3) is 0 Å². The summed E-state index contributed by atoms with van der Waals surface area (Å²) in [4.78, 5) is 30.8. The van der Waals surface area contributed by atoms with Crippen molar-refractivity contribution in [3.05, 3.63) is 100 Å². The van der Waals surface area contributed by atoms with E-state index in [-0.39, 0.29) is 31.1 Å². The van der Waals surface area contributed by atoms with Crippen molar-refractivity contribution in [1.82, 2.24) is 15.2 Å². The number of carbonyl (C=O) groups excluding carboxylic acids is 2. The largest absolute Gasteiger partial charge is 0.417 e. The van der Waals surface area contributed by atoms with Crippen molar-refractivity contribution in [3.63, 3.8) is 0 Å². The predicted octanol–water partition coefficient (Wildman–Crippen LogP) is 4.37.